The molecule has 2 rings (SSSR count). The maximum atomic E-state index is 12.0. The van der Waals surface area contributed by atoms with E-state index in [1.165, 1.54) is 25.7 Å². The zero-order chi connectivity index (χ0) is 13.0. The summed E-state index contributed by atoms with van der Waals surface area (Å²) in [6, 6.07) is 0. The fraction of sp³-hybridized carbons (Fsp3) is 0.933. The van der Waals surface area contributed by atoms with E-state index in [9.17, 15) is 9.90 Å². The third-order valence-electron chi connectivity index (χ3n) is 4.77. The quantitative estimate of drug-likeness (QED) is 0.791. The Hall–Kier alpha value is -0.570. The zero-order valence-electron chi connectivity index (χ0n) is 11.5. The van der Waals surface area contributed by atoms with Crippen molar-refractivity contribution in [2.45, 2.75) is 64.4 Å². The minimum Gasteiger partial charge on any atom is -0.393 e. The first-order valence-corrected chi connectivity index (χ1v) is 7.62. The summed E-state index contributed by atoms with van der Waals surface area (Å²) in [7, 11) is 0. The third kappa shape index (κ3) is 3.71. The maximum Gasteiger partial charge on any atom is 0.222 e. The molecule has 0 aliphatic heterocycles. The molecule has 0 aromatic carbocycles. The van der Waals surface area contributed by atoms with E-state index < -0.39 is 0 Å². The first-order chi connectivity index (χ1) is 8.66. The first kappa shape index (κ1) is 13.9. The zero-order valence-corrected chi connectivity index (χ0v) is 11.5. The van der Waals surface area contributed by atoms with Gasteiger partial charge in [-0.3, -0.25) is 4.79 Å². The number of hydrogen-bond acceptors (Lipinski definition) is 2. The monoisotopic (exact) mass is 253 g/mol. The number of carbonyl (C=O) groups is 1. The average Bonchev–Trinajstić information content (AvgIpc) is 2.98. The molecule has 3 heteroatoms. The molecule has 0 aromatic rings. The summed E-state index contributed by atoms with van der Waals surface area (Å²) in [4.78, 5) is 12.0. The summed E-state index contributed by atoms with van der Waals surface area (Å²) in [5.74, 6) is 1.36. The summed E-state index contributed by atoms with van der Waals surface area (Å²) in [5.41, 5.74) is 0. The van der Waals surface area contributed by atoms with Gasteiger partial charge in [0, 0.05) is 18.4 Å². The summed E-state index contributed by atoms with van der Waals surface area (Å²) in [6.45, 7) is 2.70. The van der Waals surface area contributed by atoms with E-state index in [-0.39, 0.29) is 23.8 Å². The molecule has 2 aliphatic rings. The van der Waals surface area contributed by atoms with Crippen LogP contribution in [0.25, 0.3) is 0 Å². The van der Waals surface area contributed by atoms with Crippen LogP contribution in [0.3, 0.4) is 0 Å². The van der Waals surface area contributed by atoms with Crippen LogP contribution in [0.4, 0.5) is 0 Å². The molecule has 18 heavy (non-hydrogen) atoms. The Morgan fingerprint density at radius 2 is 1.94 bits per heavy atom. The van der Waals surface area contributed by atoms with Crippen molar-refractivity contribution in [1.29, 1.82) is 0 Å². The predicted molar refractivity (Wildman–Crippen MR) is 72.1 cm³/mol. The van der Waals surface area contributed by atoms with Crippen molar-refractivity contribution in [3.63, 3.8) is 0 Å². The van der Waals surface area contributed by atoms with Gasteiger partial charge in [-0.05, 0) is 25.2 Å². The first-order valence-electron chi connectivity index (χ1n) is 7.62. The fourth-order valence-corrected chi connectivity index (χ4v) is 3.51. The van der Waals surface area contributed by atoms with Crippen LogP contribution in [0.5, 0.6) is 0 Å². The van der Waals surface area contributed by atoms with Gasteiger partial charge in [0.15, 0.2) is 0 Å². The average molecular weight is 253 g/mol. The molecule has 0 bridgehead atoms. The van der Waals surface area contributed by atoms with Crippen molar-refractivity contribution < 1.29 is 9.90 Å². The molecule has 0 saturated heterocycles. The normalized spacial score (nSPS) is 30.6. The van der Waals surface area contributed by atoms with Gasteiger partial charge in [0.1, 0.15) is 0 Å². The number of aliphatic hydroxyl groups excluding tert-OH is 1. The van der Waals surface area contributed by atoms with Gasteiger partial charge in [0.05, 0.1) is 6.10 Å². The van der Waals surface area contributed by atoms with E-state index >= 15 is 0 Å². The highest BCUT2D eigenvalue weighted by atomic mass is 16.3. The lowest BCUT2D eigenvalue weighted by atomic mass is 9.94. The molecule has 2 fully saturated rings. The summed E-state index contributed by atoms with van der Waals surface area (Å²) in [6.07, 6.45) is 9.18. The van der Waals surface area contributed by atoms with E-state index in [4.69, 9.17) is 0 Å². The standard InChI is InChI=1S/C15H27NO2/c1-11(9-12-5-2-3-6-12)15(18)16-10-13-7-4-8-14(13)17/h11-14,17H,2-10H2,1H3,(H,16,18). The Bertz CT molecular complexity index is 274. The molecule has 3 unspecified atom stereocenters. The number of carbonyl (C=O) groups excluding carboxylic acids is 1. The number of rotatable bonds is 5. The lowest BCUT2D eigenvalue weighted by Crippen LogP contribution is -2.36. The smallest absolute Gasteiger partial charge is 0.222 e. The van der Waals surface area contributed by atoms with Gasteiger partial charge in [-0.15, -0.1) is 0 Å². The minimum atomic E-state index is -0.199. The van der Waals surface area contributed by atoms with Crippen molar-refractivity contribution in [3.05, 3.63) is 0 Å². The van der Waals surface area contributed by atoms with Gasteiger partial charge in [-0.2, -0.15) is 0 Å². The van der Waals surface area contributed by atoms with Crippen LogP contribution in [-0.2, 0) is 4.79 Å². The minimum absolute atomic E-state index is 0.131. The molecular weight excluding hydrogens is 226 g/mol. The van der Waals surface area contributed by atoms with Crippen LogP contribution in [0.1, 0.15) is 58.3 Å². The van der Waals surface area contributed by atoms with E-state index in [2.05, 4.69) is 5.32 Å². The number of aliphatic hydroxyl groups is 1. The van der Waals surface area contributed by atoms with Crippen molar-refractivity contribution >= 4 is 5.91 Å². The van der Waals surface area contributed by atoms with Gasteiger partial charge >= 0.3 is 0 Å². The molecular formula is C15H27NO2. The second kappa shape index (κ2) is 6.55. The molecule has 2 saturated carbocycles. The molecule has 0 radical (unpaired) electrons. The summed E-state index contributed by atoms with van der Waals surface area (Å²) < 4.78 is 0. The second-order valence-corrected chi connectivity index (χ2v) is 6.29. The Morgan fingerprint density at radius 3 is 2.56 bits per heavy atom. The van der Waals surface area contributed by atoms with E-state index in [1.807, 2.05) is 6.92 Å². The topological polar surface area (TPSA) is 49.3 Å². The van der Waals surface area contributed by atoms with Crippen molar-refractivity contribution in [2.75, 3.05) is 6.54 Å². The molecule has 0 heterocycles. The van der Waals surface area contributed by atoms with Crippen LogP contribution >= 0.6 is 0 Å². The lowest BCUT2D eigenvalue weighted by molar-refractivity contribution is -0.125. The van der Waals surface area contributed by atoms with Crippen molar-refractivity contribution in [2.24, 2.45) is 17.8 Å². The molecule has 0 spiro atoms. The summed E-state index contributed by atoms with van der Waals surface area (Å²) in [5, 5.41) is 12.7. The van der Waals surface area contributed by atoms with Gasteiger partial charge < -0.3 is 10.4 Å². The molecule has 3 nitrogen and oxygen atoms in total. The number of nitrogens with one attached hydrogen (secondary N) is 1. The van der Waals surface area contributed by atoms with Crippen LogP contribution < -0.4 is 5.32 Å². The van der Waals surface area contributed by atoms with Crippen molar-refractivity contribution in [3.8, 4) is 0 Å². The Morgan fingerprint density at radius 1 is 1.22 bits per heavy atom. The lowest BCUT2D eigenvalue weighted by Gasteiger charge is -2.19. The van der Waals surface area contributed by atoms with Gasteiger partial charge in [-0.1, -0.05) is 39.0 Å². The highest BCUT2D eigenvalue weighted by Gasteiger charge is 2.27. The molecule has 2 aliphatic carbocycles. The molecule has 0 aromatic heterocycles. The maximum absolute atomic E-state index is 12.0. The second-order valence-electron chi connectivity index (χ2n) is 6.29. The van der Waals surface area contributed by atoms with Gasteiger partial charge in [0.25, 0.3) is 0 Å². The molecule has 104 valence electrons. The molecule has 3 atom stereocenters. The molecule has 1 amide bonds. The van der Waals surface area contributed by atoms with Crippen molar-refractivity contribution in [1.82, 2.24) is 5.32 Å². The molecule has 2 N–H and O–H groups in total. The number of hydrogen-bond donors (Lipinski definition) is 2. The Labute approximate surface area is 110 Å². The van der Waals surface area contributed by atoms with Crippen LogP contribution in [0.2, 0.25) is 0 Å². The van der Waals surface area contributed by atoms with E-state index in [0.717, 1.165) is 31.6 Å². The Balaban J connectivity index is 1.66. The van der Waals surface area contributed by atoms with Gasteiger partial charge in [0.2, 0.25) is 5.91 Å². The fourth-order valence-electron chi connectivity index (χ4n) is 3.51. The van der Waals surface area contributed by atoms with E-state index in [0.29, 0.717) is 6.54 Å². The number of amides is 1. The summed E-state index contributed by atoms with van der Waals surface area (Å²) >= 11 is 0. The predicted octanol–water partition coefficient (Wildman–Crippen LogP) is 2.48. The van der Waals surface area contributed by atoms with Gasteiger partial charge in [-0.25, -0.2) is 0 Å². The van der Waals surface area contributed by atoms with Crippen LogP contribution in [-0.4, -0.2) is 23.7 Å². The SMILES string of the molecule is CC(CC1CCCC1)C(=O)NCC1CCCC1O. The van der Waals surface area contributed by atoms with Crippen LogP contribution in [0.15, 0.2) is 0 Å². The largest absolute Gasteiger partial charge is 0.393 e. The van der Waals surface area contributed by atoms with Crippen LogP contribution in [0, 0.1) is 17.8 Å². The Kier molecular flexibility index (Phi) is 5.04. The van der Waals surface area contributed by atoms with E-state index in [1.54, 1.807) is 0 Å². The highest BCUT2D eigenvalue weighted by molar-refractivity contribution is 5.78. The third-order valence-corrected chi connectivity index (χ3v) is 4.77. The highest BCUT2D eigenvalue weighted by Crippen LogP contribution is 2.30.